The Morgan fingerprint density at radius 2 is 1.76 bits per heavy atom. The van der Waals surface area contributed by atoms with Crippen LogP contribution in [0, 0.1) is 5.82 Å². The molecule has 7 heteroatoms. The molecule has 0 radical (unpaired) electrons. The van der Waals surface area contributed by atoms with Crippen LogP contribution in [0.2, 0.25) is 5.02 Å². The minimum Gasteiger partial charge on any atom is -0.478 e. The lowest BCUT2D eigenvalue weighted by Gasteiger charge is -2.06. The number of carboxylic acid groups (broad SMARTS) is 1. The summed E-state index contributed by atoms with van der Waals surface area (Å²) in [6, 6.07) is 8.68. The average Bonchev–Trinajstić information content (AvgIpc) is 2.42. The van der Waals surface area contributed by atoms with Crippen LogP contribution < -0.4 is 0 Å². The Labute approximate surface area is 125 Å². The van der Waals surface area contributed by atoms with Crippen LogP contribution in [0.3, 0.4) is 0 Å². The van der Waals surface area contributed by atoms with Crippen LogP contribution >= 0.6 is 11.6 Å². The molecule has 0 aliphatic heterocycles. The second kappa shape index (κ2) is 5.83. The van der Waals surface area contributed by atoms with Gasteiger partial charge < -0.3 is 5.11 Å². The van der Waals surface area contributed by atoms with Crippen LogP contribution in [0.5, 0.6) is 0 Å². The van der Waals surface area contributed by atoms with E-state index in [4.69, 9.17) is 16.7 Å². The molecule has 2 aromatic rings. The first kappa shape index (κ1) is 15.5. The van der Waals surface area contributed by atoms with Crippen molar-refractivity contribution in [1.82, 2.24) is 0 Å². The standard InChI is InChI=1S/C14H10ClFO4S/c15-12-7-11(5-6-13(12)16)21(19,20)8-9-1-3-10(4-2-9)14(17)18/h1-7H,8H2,(H,17,18). The zero-order valence-corrected chi connectivity index (χ0v) is 12.2. The molecule has 0 heterocycles. The first-order valence-electron chi connectivity index (χ1n) is 5.79. The van der Waals surface area contributed by atoms with E-state index >= 15 is 0 Å². The van der Waals surface area contributed by atoms with Crippen molar-refractivity contribution in [2.45, 2.75) is 10.6 Å². The van der Waals surface area contributed by atoms with E-state index in [1.807, 2.05) is 0 Å². The highest BCUT2D eigenvalue weighted by atomic mass is 35.5. The van der Waals surface area contributed by atoms with Gasteiger partial charge in [0.15, 0.2) is 9.84 Å². The summed E-state index contributed by atoms with van der Waals surface area (Å²) in [4.78, 5) is 10.6. The molecule has 0 aromatic heterocycles. The Morgan fingerprint density at radius 3 is 2.29 bits per heavy atom. The Hall–Kier alpha value is -1.92. The summed E-state index contributed by atoms with van der Waals surface area (Å²) < 4.78 is 37.4. The van der Waals surface area contributed by atoms with Gasteiger partial charge in [-0.15, -0.1) is 0 Å². The van der Waals surface area contributed by atoms with Crippen molar-refractivity contribution < 1.29 is 22.7 Å². The van der Waals surface area contributed by atoms with Crippen molar-refractivity contribution in [2.75, 3.05) is 0 Å². The molecule has 0 amide bonds. The van der Waals surface area contributed by atoms with Gasteiger partial charge in [-0.2, -0.15) is 0 Å². The molecule has 0 saturated heterocycles. The van der Waals surface area contributed by atoms with Gasteiger partial charge in [0.1, 0.15) is 5.82 Å². The number of aromatic carboxylic acids is 1. The SMILES string of the molecule is O=C(O)c1ccc(CS(=O)(=O)c2ccc(F)c(Cl)c2)cc1. The van der Waals surface area contributed by atoms with Crippen LogP contribution in [-0.4, -0.2) is 19.5 Å². The minimum atomic E-state index is -3.68. The molecule has 21 heavy (non-hydrogen) atoms. The van der Waals surface area contributed by atoms with E-state index < -0.39 is 21.6 Å². The normalized spacial score (nSPS) is 11.3. The highest BCUT2D eigenvalue weighted by molar-refractivity contribution is 7.90. The molecule has 0 bridgehead atoms. The number of rotatable bonds is 4. The molecule has 2 aromatic carbocycles. The first-order valence-corrected chi connectivity index (χ1v) is 7.83. The van der Waals surface area contributed by atoms with E-state index in [-0.39, 0.29) is 21.2 Å². The fourth-order valence-corrected chi connectivity index (χ4v) is 3.33. The molecule has 0 spiro atoms. The summed E-state index contributed by atoms with van der Waals surface area (Å²) in [5, 5.41) is 8.51. The molecule has 2 rings (SSSR count). The largest absolute Gasteiger partial charge is 0.478 e. The Balaban J connectivity index is 2.28. The van der Waals surface area contributed by atoms with Crippen LogP contribution in [0.15, 0.2) is 47.4 Å². The van der Waals surface area contributed by atoms with Gasteiger partial charge in [0, 0.05) is 0 Å². The highest BCUT2D eigenvalue weighted by Gasteiger charge is 2.17. The van der Waals surface area contributed by atoms with Gasteiger partial charge in [-0.1, -0.05) is 23.7 Å². The summed E-state index contributed by atoms with van der Waals surface area (Å²) in [6.45, 7) is 0. The number of carboxylic acids is 1. The zero-order valence-electron chi connectivity index (χ0n) is 10.6. The van der Waals surface area contributed by atoms with Crippen molar-refractivity contribution in [3.63, 3.8) is 0 Å². The molecular formula is C14H10ClFO4S. The van der Waals surface area contributed by atoms with Crippen molar-refractivity contribution in [1.29, 1.82) is 0 Å². The molecule has 0 aliphatic rings. The molecule has 4 nitrogen and oxygen atoms in total. The maximum Gasteiger partial charge on any atom is 0.335 e. The Morgan fingerprint density at radius 1 is 1.14 bits per heavy atom. The Kier molecular flexibility index (Phi) is 4.29. The third-order valence-electron chi connectivity index (χ3n) is 2.81. The lowest BCUT2D eigenvalue weighted by molar-refractivity contribution is 0.0697. The van der Waals surface area contributed by atoms with Gasteiger partial charge in [-0.3, -0.25) is 0 Å². The van der Waals surface area contributed by atoms with Crippen LogP contribution in [0.25, 0.3) is 0 Å². The number of benzene rings is 2. The molecular weight excluding hydrogens is 319 g/mol. The quantitative estimate of drug-likeness (QED) is 0.875. The van der Waals surface area contributed by atoms with E-state index in [0.717, 1.165) is 18.2 Å². The van der Waals surface area contributed by atoms with E-state index in [2.05, 4.69) is 0 Å². The molecule has 0 atom stereocenters. The fraction of sp³-hybridized carbons (Fsp3) is 0.0714. The number of hydrogen-bond acceptors (Lipinski definition) is 3. The van der Waals surface area contributed by atoms with Gasteiger partial charge in [-0.25, -0.2) is 17.6 Å². The second-order valence-corrected chi connectivity index (χ2v) is 6.73. The third kappa shape index (κ3) is 3.59. The summed E-state index contributed by atoms with van der Waals surface area (Å²) in [7, 11) is -3.68. The van der Waals surface area contributed by atoms with Crippen LogP contribution in [0.4, 0.5) is 4.39 Å². The summed E-state index contributed by atoms with van der Waals surface area (Å²) in [6.07, 6.45) is 0. The predicted octanol–water partition coefficient (Wildman–Crippen LogP) is 3.15. The topological polar surface area (TPSA) is 71.4 Å². The molecule has 1 N–H and O–H groups in total. The maximum absolute atomic E-state index is 13.1. The predicted molar refractivity (Wildman–Crippen MR) is 75.7 cm³/mol. The molecule has 0 fully saturated rings. The van der Waals surface area contributed by atoms with E-state index in [9.17, 15) is 17.6 Å². The summed E-state index contributed by atoms with van der Waals surface area (Å²) >= 11 is 5.57. The first-order chi connectivity index (χ1) is 9.79. The average molecular weight is 329 g/mol. The molecule has 0 aliphatic carbocycles. The highest BCUT2D eigenvalue weighted by Crippen LogP contribution is 2.22. The van der Waals surface area contributed by atoms with Gasteiger partial charge in [0.25, 0.3) is 0 Å². The number of carbonyl (C=O) groups is 1. The third-order valence-corrected chi connectivity index (χ3v) is 4.78. The van der Waals surface area contributed by atoms with Gasteiger partial charge in [0.05, 0.1) is 21.2 Å². The van der Waals surface area contributed by atoms with Gasteiger partial charge >= 0.3 is 5.97 Å². The number of sulfone groups is 1. The van der Waals surface area contributed by atoms with Gasteiger partial charge in [0.2, 0.25) is 0 Å². The number of halogens is 2. The minimum absolute atomic E-state index is 0.0703. The van der Waals surface area contributed by atoms with Crippen LogP contribution in [-0.2, 0) is 15.6 Å². The van der Waals surface area contributed by atoms with Crippen molar-refractivity contribution >= 4 is 27.4 Å². The lowest BCUT2D eigenvalue weighted by atomic mass is 10.1. The Bertz CT molecular complexity index is 785. The van der Waals surface area contributed by atoms with E-state index in [1.54, 1.807) is 0 Å². The summed E-state index contributed by atoms with van der Waals surface area (Å²) in [5.41, 5.74) is 0.501. The van der Waals surface area contributed by atoms with Gasteiger partial charge in [-0.05, 0) is 35.9 Å². The molecule has 0 saturated carbocycles. The van der Waals surface area contributed by atoms with Crippen molar-refractivity contribution in [3.8, 4) is 0 Å². The zero-order chi connectivity index (χ0) is 15.6. The smallest absolute Gasteiger partial charge is 0.335 e. The monoisotopic (exact) mass is 328 g/mol. The second-order valence-electron chi connectivity index (χ2n) is 4.34. The summed E-state index contributed by atoms with van der Waals surface area (Å²) in [5.74, 6) is -2.11. The van der Waals surface area contributed by atoms with Crippen LogP contribution in [0.1, 0.15) is 15.9 Å². The van der Waals surface area contributed by atoms with Crippen molar-refractivity contribution in [3.05, 3.63) is 64.4 Å². The van der Waals surface area contributed by atoms with E-state index in [1.165, 1.54) is 24.3 Å². The fourth-order valence-electron chi connectivity index (χ4n) is 1.72. The lowest BCUT2D eigenvalue weighted by Crippen LogP contribution is -2.06. The molecule has 0 unspecified atom stereocenters. The van der Waals surface area contributed by atoms with E-state index in [0.29, 0.717) is 5.56 Å². The number of hydrogen-bond donors (Lipinski definition) is 1. The van der Waals surface area contributed by atoms with Crippen molar-refractivity contribution in [2.24, 2.45) is 0 Å². The molecule has 110 valence electrons. The maximum atomic E-state index is 13.1.